The van der Waals surface area contributed by atoms with Crippen LogP contribution in [0.4, 0.5) is 17.1 Å². The normalized spacial score (nSPS) is 16.1. The SMILES string of the molecule is O=C(c1ccc(N=C[C@H]2CC=CCC2)cc1)N(c1ccccc1)c1ccccc1. The molecule has 3 aromatic rings. The molecule has 0 heterocycles. The topological polar surface area (TPSA) is 32.7 Å². The molecule has 1 atom stereocenters. The number of para-hydroxylation sites is 2. The molecule has 0 spiro atoms. The van der Waals surface area contributed by atoms with Crippen molar-refractivity contribution in [2.45, 2.75) is 19.3 Å². The Morgan fingerprint density at radius 2 is 1.45 bits per heavy atom. The Morgan fingerprint density at radius 1 is 0.828 bits per heavy atom. The molecule has 0 radical (unpaired) electrons. The molecular weight excluding hydrogens is 356 g/mol. The van der Waals surface area contributed by atoms with Crippen molar-refractivity contribution in [1.82, 2.24) is 0 Å². The molecule has 1 aliphatic rings. The van der Waals surface area contributed by atoms with Crippen LogP contribution in [0.15, 0.2) is 102 Å². The lowest BCUT2D eigenvalue weighted by molar-refractivity contribution is 0.0999. The number of carbonyl (C=O) groups is 1. The summed E-state index contributed by atoms with van der Waals surface area (Å²) in [4.78, 5) is 19.7. The number of carbonyl (C=O) groups excluding carboxylic acids is 1. The third-order valence-corrected chi connectivity index (χ3v) is 5.09. The first-order chi connectivity index (χ1) is 14.3. The predicted octanol–water partition coefficient (Wildman–Crippen LogP) is 6.72. The zero-order valence-corrected chi connectivity index (χ0v) is 16.3. The van der Waals surface area contributed by atoms with E-state index in [4.69, 9.17) is 0 Å². The minimum absolute atomic E-state index is 0.0599. The maximum atomic E-state index is 13.3. The van der Waals surface area contributed by atoms with Crippen molar-refractivity contribution in [2.24, 2.45) is 10.9 Å². The fourth-order valence-electron chi connectivity index (χ4n) is 3.50. The van der Waals surface area contributed by atoms with Crippen molar-refractivity contribution in [3.63, 3.8) is 0 Å². The van der Waals surface area contributed by atoms with Crippen molar-refractivity contribution >= 4 is 29.2 Å². The van der Waals surface area contributed by atoms with Gasteiger partial charge in [-0.3, -0.25) is 14.7 Å². The summed E-state index contributed by atoms with van der Waals surface area (Å²) in [5.74, 6) is 0.448. The smallest absolute Gasteiger partial charge is 0.262 e. The van der Waals surface area contributed by atoms with Crippen LogP contribution in [0.3, 0.4) is 0 Å². The molecule has 29 heavy (non-hydrogen) atoms. The molecule has 144 valence electrons. The minimum Gasteiger partial charge on any atom is -0.277 e. The van der Waals surface area contributed by atoms with Gasteiger partial charge in [-0.25, -0.2) is 0 Å². The van der Waals surface area contributed by atoms with Gasteiger partial charge in [0.1, 0.15) is 0 Å². The van der Waals surface area contributed by atoms with Gasteiger partial charge in [0.25, 0.3) is 5.91 Å². The summed E-state index contributed by atoms with van der Waals surface area (Å²) in [6.07, 6.45) is 9.84. The molecule has 0 N–H and O–H groups in total. The molecule has 3 heteroatoms. The number of hydrogen-bond acceptors (Lipinski definition) is 2. The fourth-order valence-corrected chi connectivity index (χ4v) is 3.50. The summed E-state index contributed by atoms with van der Waals surface area (Å²) < 4.78 is 0. The number of amides is 1. The molecule has 3 aromatic carbocycles. The van der Waals surface area contributed by atoms with Gasteiger partial charge in [-0.2, -0.15) is 0 Å². The van der Waals surface area contributed by atoms with E-state index in [1.807, 2.05) is 91.1 Å². The van der Waals surface area contributed by atoms with Gasteiger partial charge < -0.3 is 0 Å². The predicted molar refractivity (Wildman–Crippen MR) is 120 cm³/mol. The first kappa shape index (κ1) is 18.9. The van der Waals surface area contributed by atoms with Crippen LogP contribution in [0.25, 0.3) is 0 Å². The highest BCUT2D eigenvalue weighted by Crippen LogP contribution is 2.28. The highest BCUT2D eigenvalue weighted by atomic mass is 16.2. The molecule has 0 unspecified atom stereocenters. The molecule has 4 rings (SSSR count). The Labute approximate surface area is 172 Å². The standard InChI is InChI=1S/C26H24N2O/c29-26(28(24-12-6-2-7-13-24)25-14-8-3-9-15-25)22-16-18-23(19-17-22)27-20-21-10-4-1-5-11-21/h1-4,6-9,12-21H,5,10-11H2/t21-/m0/s1. The van der Waals surface area contributed by atoms with E-state index in [1.54, 1.807) is 4.90 Å². The average molecular weight is 380 g/mol. The Kier molecular flexibility index (Phi) is 5.96. The van der Waals surface area contributed by atoms with E-state index in [1.165, 1.54) is 0 Å². The van der Waals surface area contributed by atoms with Crippen LogP contribution in [0.5, 0.6) is 0 Å². The second kappa shape index (κ2) is 9.16. The summed E-state index contributed by atoms with van der Waals surface area (Å²) in [5.41, 5.74) is 3.20. The van der Waals surface area contributed by atoms with Gasteiger partial charge in [0, 0.05) is 23.2 Å². The van der Waals surface area contributed by atoms with Crippen LogP contribution in [0.2, 0.25) is 0 Å². The third kappa shape index (κ3) is 4.69. The van der Waals surface area contributed by atoms with Gasteiger partial charge in [-0.1, -0.05) is 48.6 Å². The maximum Gasteiger partial charge on any atom is 0.262 e. The second-order valence-corrected chi connectivity index (χ2v) is 7.18. The molecule has 0 saturated heterocycles. The number of benzene rings is 3. The van der Waals surface area contributed by atoms with Crippen molar-refractivity contribution in [3.05, 3.63) is 103 Å². The van der Waals surface area contributed by atoms with Gasteiger partial charge in [0.2, 0.25) is 0 Å². The first-order valence-corrected chi connectivity index (χ1v) is 10.0. The Bertz CT molecular complexity index is 952. The zero-order chi connectivity index (χ0) is 19.9. The van der Waals surface area contributed by atoms with Crippen LogP contribution in [-0.2, 0) is 0 Å². The number of anilines is 2. The summed E-state index contributed by atoms with van der Waals surface area (Å²) in [7, 11) is 0. The van der Waals surface area contributed by atoms with Crippen LogP contribution in [0, 0.1) is 5.92 Å². The minimum atomic E-state index is -0.0599. The Morgan fingerprint density at radius 3 is 2.00 bits per heavy atom. The fraction of sp³-hybridized carbons (Fsp3) is 0.154. The maximum absolute atomic E-state index is 13.3. The first-order valence-electron chi connectivity index (χ1n) is 10.0. The lowest BCUT2D eigenvalue weighted by atomic mass is 9.96. The van der Waals surface area contributed by atoms with Crippen LogP contribution in [-0.4, -0.2) is 12.1 Å². The summed E-state index contributed by atoms with van der Waals surface area (Å²) in [6, 6.07) is 27.0. The Hall–Kier alpha value is -3.46. The van der Waals surface area contributed by atoms with E-state index in [9.17, 15) is 4.79 Å². The molecule has 0 aromatic heterocycles. The van der Waals surface area contributed by atoms with E-state index >= 15 is 0 Å². The molecule has 1 amide bonds. The second-order valence-electron chi connectivity index (χ2n) is 7.18. The van der Waals surface area contributed by atoms with E-state index in [-0.39, 0.29) is 5.91 Å². The third-order valence-electron chi connectivity index (χ3n) is 5.09. The van der Waals surface area contributed by atoms with Crippen LogP contribution < -0.4 is 4.90 Å². The molecule has 0 bridgehead atoms. The lowest BCUT2D eigenvalue weighted by Crippen LogP contribution is -2.25. The van der Waals surface area contributed by atoms with Gasteiger partial charge in [-0.15, -0.1) is 0 Å². The summed E-state index contributed by atoms with van der Waals surface area (Å²) in [6.45, 7) is 0. The number of aliphatic imine (C=N–C) groups is 1. The van der Waals surface area contributed by atoms with Crippen LogP contribution in [0.1, 0.15) is 29.6 Å². The average Bonchev–Trinajstić information content (AvgIpc) is 2.80. The van der Waals surface area contributed by atoms with E-state index in [2.05, 4.69) is 17.1 Å². The van der Waals surface area contributed by atoms with Crippen molar-refractivity contribution in [1.29, 1.82) is 0 Å². The molecule has 0 saturated carbocycles. The van der Waals surface area contributed by atoms with E-state index < -0.39 is 0 Å². The quantitative estimate of drug-likeness (QED) is 0.357. The molecule has 1 aliphatic carbocycles. The monoisotopic (exact) mass is 380 g/mol. The largest absolute Gasteiger partial charge is 0.277 e. The Balaban J connectivity index is 1.56. The van der Waals surface area contributed by atoms with Gasteiger partial charge in [0.15, 0.2) is 0 Å². The molecule has 0 aliphatic heterocycles. The van der Waals surface area contributed by atoms with Gasteiger partial charge in [-0.05, 0) is 73.7 Å². The highest BCUT2D eigenvalue weighted by molar-refractivity contribution is 6.11. The zero-order valence-electron chi connectivity index (χ0n) is 16.3. The molecule has 0 fully saturated rings. The summed E-state index contributed by atoms with van der Waals surface area (Å²) >= 11 is 0. The number of rotatable bonds is 5. The summed E-state index contributed by atoms with van der Waals surface area (Å²) in [5, 5.41) is 0. The van der Waals surface area contributed by atoms with Gasteiger partial charge >= 0.3 is 0 Å². The number of allylic oxidation sites excluding steroid dienone is 2. The van der Waals surface area contributed by atoms with Crippen molar-refractivity contribution in [3.8, 4) is 0 Å². The van der Waals surface area contributed by atoms with Gasteiger partial charge in [0.05, 0.1) is 5.69 Å². The van der Waals surface area contributed by atoms with E-state index in [0.717, 1.165) is 36.3 Å². The van der Waals surface area contributed by atoms with Crippen molar-refractivity contribution < 1.29 is 4.79 Å². The number of hydrogen-bond donors (Lipinski definition) is 0. The molecular formula is C26H24N2O. The van der Waals surface area contributed by atoms with E-state index in [0.29, 0.717) is 11.5 Å². The van der Waals surface area contributed by atoms with Crippen molar-refractivity contribution in [2.75, 3.05) is 4.90 Å². The highest BCUT2D eigenvalue weighted by Gasteiger charge is 2.19. The van der Waals surface area contributed by atoms with Crippen LogP contribution >= 0.6 is 0 Å². The number of nitrogens with zero attached hydrogens (tertiary/aromatic N) is 2. The molecule has 3 nitrogen and oxygen atoms in total. The lowest BCUT2D eigenvalue weighted by Gasteiger charge is -2.23.